The number of hydrogen-bond acceptors (Lipinski definition) is 4. The molecule has 29 heavy (non-hydrogen) atoms. The zero-order valence-corrected chi connectivity index (χ0v) is 17.0. The fraction of sp³-hybridized carbons (Fsp3) is 0.136. The molecule has 0 fully saturated rings. The highest BCUT2D eigenvalue weighted by molar-refractivity contribution is 7.92. The number of carbonyl (C=O) groups excluding carboxylic acids is 1. The van der Waals surface area contributed by atoms with Gasteiger partial charge in [-0.05, 0) is 48.4 Å². The number of anilines is 1. The van der Waals surface area contributed by atoms with Gasteiger partial charge in [-0.15, -0.1) is 0 Å². The molecule has 6 nitrogen and oxygen atoms in total. The monoisotopic (exact) mass is 410 g/mol. The Bertz CT molecular complexity index is 1110. The smallest absolute Gasteiger partial charge is 0.261 e. The highest BCUT2D eigenvalue weighted by Crippen LogP contribution is 2.21. The van der Waals surface area contributed by atoms with Gasteiger partial charge in [0.25, 0.3) is 15.9 Å². The number of aryl methyl sites for hydroxylation is 1. The fourth-order valence-corrected chi connectivity index (χ4v) is 3.94. The summed E-state index contributed by atoms with van der Waals surface area (Å²) in [5.74, 6) is 0.359. The minimum Gasteiger partial charge on any atom is -0.496 e. The van der Waals surface area contributed by atoms with E-state index in [9.17, 15) is 13.2 Å². The van der Waals surface area contributed by atoms with Crippen molar-refractivity contribution in [2.75, 3.05) is 11.8 Å². The number of amides is 1. The van der Waals surface area contributed by atoms with Crippen LogP contribution in [-0.2, 0) is 16.6 Å². The van der Waals surface area contributed by atoms with Crippen LogP contribution in [0.4, 0.5) is 5.69 Å². The van der Waals surface area contributed by atoms with Crippen LogP contribution in [0.1, 0.15) is 21.5 Å². The van der Waals surface area contributed by atoms with E-state index in [1.165, 1.54) is 12.1 Å². The molecule has 2 N–H and O–H groups in total. The Balaban J connectivity index is 1.75. The number of carbonyl (C=O) groups is 1. The van der Waals surface area contributed by atoms with E-state index in [1.807, 2.05) is 13.0 Å². The summed E-state index contributed by atoms with van der Waals surface area (Å²) < 4.78 is 33.1. The third-order valence-corrected chi connectivity index (χ3v) is 5.81. The zero-order chi connectivity index (χ0) is 20.9. The molecule has 0 atom stereocenters. The maximum Gasteiger partial charge on any atom is 0.261 e. The van der Waals surface area contributed by atoms with Gasteiger partial charge in [-0.25, -0.2) is 8.42 Å². The van der Waals surface area contributed by atoms with E-state index >= 15 is 0 Å². The van der Waals surface area contributed by atoms with Crippen molar-refractivity contribution in [3.05, 3.63) is 89.5 Å². The van der Waals surface area contributed by atoms with E-state index in [1.54, 1.807) is 61.7 Å². The summed E-state index contributed by atoms with van der Waals surface area (Å²) in [5, 5.41) is 2.82. The predicted octanol–water partition coefficient (Wildman–Crippen LogP) is 3.73. The number of para-hydroxylation sites is 1. The normalized spacial score (nSPS) is 11.0. The first-order chi connectivity index (χ1) is 13.9. The van der Waals surface area contributed by atoms with Gasteiger partial charge < -0.3 is 10.1 Å². The molecule has 1 amide bonds. The number of hydrogen-bond donors (Lipinski definition) is 2. The number of ether oxygens (including phenoxy) is 1. The van der Waals surface area contributed by atoms with Gasteiger partial charge in [0.05, 0.1) is 17.7 Å². The van der Waals surface area contributed by atoms with E-state index in [0.29, 0.717) is 22.6 Å². The molecule has 0 unspecified atom stereocenters. The molecule has 7 heteroatoms. The fourth-order valence-electron chi connectivity index (χ4n) is 2.82. The highest BCUT2D eigenvalue weighted by Gasteiger charge is 2.16. The van der Waals surface area contributed by atoms with E-state index < -0.39 is 10.0 Å². The molecule has 3 rings (SSSR count). The van der Waals surface area contributed by atoms with Crippen LogP contribution in [0.15, 0.2) is 77.7 Å². The summed E-state index contributed by atoms with van der Waals surface area (Å²) in [4.78, 5) is 12.7. The van der Waals surface area contributed by atoms with Crippen molar-refractivity contribution in [1.29, 1.82) is 0 Å². The van der Waals surface area contributed by atoms with Crippen LogP contribution in [-0.4, -0.2) is 21.4 Å². The molecule has 0 heterocycles. The van der Waals surface area contributed by atoms with Crippen molar-refractivity contribution >= 4 is 21.6 Å². The van der Waals surface area contributed by atoms with Crippen molar-refractivity contribution in [1.82, 2.24) is 5.32 Å². The zero-order valence-electron chi connectivity index (χ0n) is 16.2. The Morgan fingerprint density at radius 3 is 2.38 bits per heavy atom. The van der Waals surface area contributed by atoms with Crippen molar-refractivity contribution in [3.63, 3.8) is 0 Å². The summed E-state index contributed by atoms with van der Waals surface area (Å²) in [6.45, 7) is 2.07. The highest BCUT2D eigenvalue weighted by atomic mass is 32.2. The first-order valence-corrected chi connectivity index (χ1v) is 10.5. The summed E-state index contributed by atoms with van der Waals surface area (Å²) in [6.07, 6.45) is 0. The van der Waals surface area contributed by atoms with E-state index in [0.717, 1.165) is 5.56 Å². The van der Waals surface area contributed by atoms with Crippen molar-refractivity contribution < 1.29 is 17.9 Å². The molecule has 3 aromatic rings. The van der Waals surface area contributed by atoms with E-state index in [-0.39, 0.29) is 17.3 Å². The average Bonchev–Trinajstić information content (AvgIpc) is 2.73. The maximum atomic E-state index is 12.6. The van der Waals surface area contributed by atoms with Crippen molar-refractivity contribution in [2.24, 2.45) is 0 Å². The molecule has 3 aromatic carbocycles. The van der Waals surface area contributed by atoms with Gasteiger partial charge in [0.1, 0.15) is 5.75 Å². The molecule has 0 aliphatic carbocycles. The molecule has 0 saturated carbocycles. The molecule has 0 bridgehead atoms. The van der Waals surface area contributed by atoms with Gasteiger partial charge in [0.2, 0.25) is 0 Å². The first-order valence-electron chi connectivity index (χ1n) is 8.99. The van der Waals surface area contributed by atoms with Gasteiger partial charge in [-0.3, -0.25) is 9.52 Å². The molecular formula is C22H22N2O4S. The Kier molecular flexibility index (Phi) is 6.19. The number of nitrogens with one attached hydrogen (secondary N) is 2. The van der Waals surface area contributed by atoms with Gasteiger partial charge in [-0.2, -0.15) is 0 Å². The minimum absolute atomic E-state index is 0.169. The Labute approximate surface area is 170 Å². The third-order valence-electron chi connectivity index (χ3n) is 4.42. The predicted molar refractivity (Wildman–Crippen MR) is 113 cm³/mol. The lowest BCUT2D eigenvalue weighted by Gasteiger charge is -2.14. The second kappa shape index (κ2) is 8.79. The number of rotatable bonds is 7. The summed E-state index contributed by atoms with van der Waals surface area (Å²) >= 11 is 0. The quantitative estimate of drug-likeness (QED) is 0.622. The van der Waals surface area contributed by atoms with Crippen LogP contribution in [0.25, 0.3) is 0 Å². The maximum absolute atomic E-state index is 12.6. The van der Waals surface area contributed by atoms with Crippen LogP contribution in [0.5, 0.6) is 5.75 Å². The summed E-state index contributed by atoms with van der Waals surface area (Å²) in [5.41, 5.74) is 2.47. The topological polar surface area (TPSA) is 84.5 Å². The van der Waals surface area contributed by atoms with Crippen LogP contribution in [0.3, 0.4) is 0 Å². The molecule has 0 radical (unpaired) electrons. The molecule has 150 valence electrons. The van der Waals surface area contributed by atoms with Gasteiger partial charge in [-0.1, -0.05) is 42.5 Å². The van der Waals surface area contributed by atoms with Crippen LogP contribution >= 0.6 is 0 Å². The molecule has 0 spiro atoms. The Morgan fingerprint density at radius 1 is 0.966 bits per heavy atom. The van der Waals surface area contributed by atoms with Gasteiger partial charge in [0.15, 0.2) is 0 Å². The Morgan fingerprint density at radius 2 is 1.66 bits per heavy atom. The Hall–Kier alpha value is -3.32. The summed E-state index contributed by atoms with van der Waals surface area (Å²) in [7, 11) is -2.16. The van der Waals surface area contributed by atoms with Gasteiger partial charge in [0, 0.05) is 12.1 Å². The number of methoxy groups -OCH3 is 1. The average molecular weight is 410 g/mol. The molecule has 0 saturated heterocycles. The van der Waals surface area contributed by atoms with Crippen LogP contribution in [0.2, 0.25) is 0 Å². The standard InChI is InChI=1S/C22H22N2O4S/c1-16-12-13-17(14-21(16)28-2)22(25)23-15-18-8-6-7-11-20(18)24-29(26,27)19-9-4-3-5-10-19/h3-14,24H,15H2,1-2H3,(H,23,25). The lowest BCUT2D eigenvalue weighted by Crippen LogP contribution is -2.24. The van der Waals surface area contributed by atoms with Crippen LogP contribution in [0, 0.1) is 6.92 Å². The number of sulfonamides is 1. The van der Waals surface area contributed by atoms with Crippen molar-refractivity contribution in [3.8, 4) is 5.75 Å². The van der Waals surface area contributed by atoms with E-state index in [4.69, 9.17) is 4.74 Å². The SMILES string of the molecule is COc1cc(C(=O)NCc2ccccc2NS(=O)(=O)c2ccccc2)ccc1C. The second-order valence-corrected chi connectivity index (χ2v) is 8.13. The first kappa shape index (κ1) is 20.4. The minimum atomic E-state index is -3.72. The summed E-state index contributed by atoms with van der Waals surface area (Å²) in [6, 6.07) is 20.3. The molecule has 0 aliphatic heterocycles. The van der Waals surface area contributed by atoms with Gasteiger partial charge >= 0.3 is 0 Å². The lowest BCUT2D eigenvalue weighted by atomic mass is 10.1. The number of benzene rings is 3. The second-order valence-electron chi connectivity index (χ2n) is 6.44. The third kappa shape index (κ3) is 4.94. The molecule has 0 aliphatic rings. The lowest BCUT2D eigenvalue weighted by molar-refractivity contribution is 0.0950. The molecular weight excluding hydrogens is 388 g/mol. The van der Waals surface area contributed by atoms with Crippen LogP contribution < -0.4 is 14.8 Å². The molecule has 0 aromatic heterocycles. The van der Waals surface area contributed by atoms with E-state index in [2.05, 4.69) is 10.0 Å². The van der Waals surface area contributed by atoms with Crippen molar-refractivity contribution in [2.45, 2.75) is 18.4 Å². The largest absolute Gasteiger partial charge is 0.496 e.